The van der Waals surface area contributed by atoms with Gasteiger partial charge < -0.3 is 4.74 Å². The lowest BCUT2D eigenvalue weighted by atomic mass is 9.96. The molecule has 0 aromatic heterocycles. The molecule has 0 saturated heterocycles. The normalized spacial score (nSPS) is 16.7. The number of benzene rings is 3. The molecule has 0 aliphatic carbocycles. The van der Waals surface area contributed by atoms with Crippen LogP contribution in [0.1, 0.15) is 38.7 Å². The Morgan fingerprint density at radius 1 is 1.03 bits per heavy atom. The van der Waals surface area contributed by atoms with Gasteiger partial charge in [-0.15, -0.1) is 0 Å². The lowest BCUT2D eigenvalue weighted by molar-refractivity contribution is 0.0734. The van der Waals surface area contributed by atoms with Gasteiger partial charge in [-0.2, -0.15) is 0 Å². The number of likely N-dealkylation sites (N-methyl/N-ethyl adjacent to an activating group) is 1. The number of esters is 1. The number of ether oxygens (including phenoxy) is 1. The average Bonchev–Trinajstić information content (AvgIpc) is 2.88. The number of fused-ring (bicyclic) bond motifs is 1. The monoisotopic (exact) mass is 405 g/mol. The summed E-state index contributed by atoms with van der Waals surface area (Å²) in [5.74, 6) is 0.0320. The summed E-state index contributed by atoms with van der Waals surface area (Å²) >= 11 is 6.47. The number of hydrogen-bond acceptors (Lipinski definition) is 3. The van der Waals surface area contributed by atoms with Gasteiger partial charge in [-0.05, 0) is 67.8 Å². The van der Waals surface area contributed by atoms with Crippen molar-refractivity contribution < 1.29 is 9.53 Å². The van der Waals surface area contributed by atoms with Crippen LogP contribution in [0.15, 0.2) is 66.7 Å². The van der Waals surface area contributed by atoms with Gasteiger partial charge in [0.1, 0.15) is 5.75 Å². The molecule has 1 aliphatic rings. The van der Waals surface area contributed by atoms with E-state index in [1.807, 2.05) is 37.3 Å². The Morgan fingerprint density at radius 2 is 1.76 bits per heavy atom. The van der Waals surface area contributed by atoms with Crippen LogP contribution in [0.2, 0.25) is 5.02 Å². The van der Waals surface area contributed by atoms with Gasteiger partial charge in [0.15, 0.2) is 0 Å². The highest BCUT2D eigenvalue weighted by Gasteiger charge is 2.24. The lowest BCUT2D eigenvalue weighted by Crippen LogP contribution is -2.26. The van der Waals surface area contributed by atoms with E-state index in [2.05, 4.69) is 36.2 Å². The first-order chi connectivity index (χ1) is 14.0. The zero-order valence-electron chi connectivity index (χ0n) is 16.7. The van der Waals surface area contributed by atoms with E-state index in [0.29, 0.717) is 16.3 Å². The molecule has 0 amide bonds. The molecule has 1 heterocycles. The molecule has 0 unspecified atom stereocenters. The van der Waals surface area contributed by atoms with Gasteiger partial charge >= 0.3 is 5.97 Å². The van der Waals surface area contributed by atoms with Crippen molar-refractivity contribution in [2.45, 2.75) is 25.8 Å². The van der Waals surface area contributed by atoms with Crippen molar-refractivity contribution in [3.8, 4) is 5.75 Å². The summed E-state index contributed by atoms with van der Waals surface area (Å²) in [6, 6.07) is 22.0. The van der Waals surface area contributed by atoms with Gasteiger partial charge in [0.25, 0.3) is 0 Å². The van der Waals surface area contributed by atoms with Crippen LogP contribution in [0.4, 0.5) is 0 Å². The smallest absolute Gasteiger partial charge is 0.343 e. The van der Waals surface area contributed by atoms with Crippen molar-refractivity contribution >= 4 is 17.6 Å². The highest BCUT2D eigenvalue weighted by Crippen LogP contribution is 2.35. The van der Waals surface area contributed by atoms with Gasteiger partial charge in [0.2, 0.25) is 0 Å². The quantitative estimate of drug-likeness (QED) is 0.417. The van der Waals surface area contributed by atoms with Crippen molar-refractivity contribution in [1.29, 1.82) is 0 Å². The minimum Gasteiger partial charge on any atom is -0.421 e. The largest absolute Gasteiger partial charge is 0.421 e. The molecule has 0 saturated carbocycles. The van der Waals surface area contributed by atoms with Crippen LogP contribution in [0.25, 0.3) is 0 Å². The van der Waals surface area contributed by atoms with Crippen LogP contribution in [0.3, 0.4) is 0 Å². The second-order valence-electron chi connectivity index (χ2n) is 7.67. The zero-order chi connectivity index (χ0) is 20.4. The number of rotatable bonds is 3. The second kappa shape index (κ2) is 8.40. The Bertz CT molecular complexity index is 1010. The summed E-state index contributed by atoms with van der Waals surface area (Å²) < 4.78 is 5.66. The maximum absolute atomic E-state index is 12.6. The Balaban J connectivity index is 1.62. The SMILES string of the molecule is Cc1ccc(C(=O)Oc2cc3c(cc2Cl)CCN(C)[C@H](c2ccccc2)C3)cc1. The van der Waals surface area contributed by atoms with Crippen LogP contribution in [0, 0.1) is 6.92 Å². The molecule has 0 fully saturated rings. The zero-order valence-corrected chi connectivity index (χ0v) is 17.4. The number of carbonyl (C=O) groups is 1. The summed E-state index contributed by atoms with van der Waals surface area (Å²) in [5, 5.41) is 0.477. The standard InChI is InChI=1S/C25H24ClNO2/c1-17-8-10-19(11-9-17)25(28)29-24-16-21-15-23(18-6-4-3-5-7-18)27(2)13-12-20(21)14-22(24)26/h3-11,14,16,23H,12-13,15H2,1-2H3/t23-/m0/s1. The van der Waals surface area contributed by atoms with E-state index in [4.69, 9.17) is 16.3 Å². The first-order valence-corrected chi connectivity index (χ1v) is 10.2. The van der Waals surface area contributed by atoms with Crippen molar-refractivity contribution in [3.05, 3.63) is 99.6 Å². The third-order valence-corrected chi connectivity index (χ3v) is 5.90. The van der Waals surface area contributed by atoms with Gasteiger partial charge in [-0.1, -0.05) is 59.6 Å². The molecule has 1 aliphatic heterocycles. The topological polar surface area (TPSA) is 29.5 Å². The maximum Gasteiger partial charge on any atom is 0.343 e. The molecule has 0 radical (unpaired) electrons. The highest BCUT2D eigenvalue weighted by molar-refractivity contribution is 6.32. The number of halogens is 1. The Kier molecular flexibility index (Phi) is 5.70. The Morgan fingerprint density at radius 3 is 2.48 bits per heavy atom. The van der Waals surface area contributed by atoms with Crippen molar-refractivity contribution in [2.24, 2.45) is 0 Å². The predicted octanol–water partition coefficient (Wildman–Crippen LogP) is 5.64. The molecule has 0 spiro atoms. The van der Waals surface area contributed by atoms with Crippen LogP contribution in [0.5, 0.6) is 5.75 Å². The van der Waals surface area contributed by atoms with Crippen molar-refractivity contribution in [3.63, 3.8) is 0 Å². The third-order valence-electron chi connectivity index (χ3n) is 5.61. The average molecular weight is 406 g/mol. The fourth-order valence-electron chi connectivity index (χ4n) is 3.85. The van der Waals surface area contributed by atoms with Crippen LogP contribution in [-0.2, 0) is 12.8 Å². The van der Waals surface area contributed by atoms with Gasteiger partial charge in [0, 0.05) is 12.6 Å². The summed E-state index contributed by atoms with van der Waals surface area (Å²) in [7, 11) is 2.16. The van der Waals surface area contributed by atoms with Gasteiger partial charge in [0.05, 0.1) is 10.6 Å². The minimum absolute atomic E-state index is 0.277. The number of aryl methyl sites for hydroxylation is 1. The summed E-state index contributed by atoms with van der Waals surface area (Å²) in [4.78, 5) is 14.9. The van der Waals surface area contributed by atoms with Crippen LogP contribution < -0.4 is 4.74 Å². The molecule has 3 aromatic carbocycles. The van der Waals surface area contributed by atoms with E-state index in [-0.39, 0.29) is 6.04 Å². The molecule has 29 heavy (non-hydrogen) atoms. The molecule has 148 valence electrons. The van der Waals surface area contributed by atoms with Crippen LogP contribution in [-0.4, -0.2) is 24.5 Å². The number of hydrogen-bond donors (Lipinski definition) is 0. The summed E-state index contributed by atoms with van der Waals surface area (Å²) in [5.41, 5.74) is 5.30. The fourth-order valence-corrected chi connectivity index (χ4v) is 4.08. The molecule has 4 heteroatoms. The molecule has 0 bridgehead atoms. The second-order valence-corrected chi connectivity index (χ2v) is 8.08. The van der Waals surface area contributed by atoms with E-state index < -0.39 is 5.97 Å². The molecule has 3 aromatic rings. The Hall–Kier alpha value is -2.62. The van der Waals surface area contributed by atoms with E-state index in [9.17, 15) is 4.79 Å². The first-order valence-electron chi connectivity index (χ1n) is 9.86. The molecular weight excluding hydrogens is 382 g/mol. The lowest BCUT2D eigenvalue weighted by Gasteiger charge is -2.26. The molecule has 1 atom stereocenters. The Labute approximate surface area is 176 Å². The number of carbonyl (C=O) groups excluding carboxylic acids is 1. The summed E-state index contributed by atoms with van der Waals surface area (Å²) in [6.45, 7) is 2.93. The van der Waals surface area contributed by atoms with Crippen molar-refractivity contribution in [2.75, 3.05) is 13.6 Å². The van der Waals surface area contributed by atoms with E-state index in [1.54, 1.807) is 12.1 Å². The van der Waals surface area contributed by atoms with Crippen molar-refractivity contribution in [1.82, 2.24) is 4.90 Å². The minimum atomic E-state index is -0.391. The van der Waals surface area contributed by atoms with Crippen LogP contribution >= 0.6 is 11.6 Å². The van der Waals surface area contributed by atoms with E-state index >= 15 is 0 Å². The highest BCUT2D eigenvalue weighted by atomic mass is 35.5. The maximum atomic E-state index is 12.6. The third kappa shape index (κ3) is 4.36. The van der Waals surface area contributed by atoms with E-state index in [1.165, 1.54) is 16.7 Å². The van der Waals surface area contributed by atoms with Gasteiger partial charge in [-0.3, -0.25) is 4.90 Å². The predicted molar refractivity (Wildman–Crippen MR) is 117 cm³/mol. The summed E-state index contributed by atoms with van der Waals surface area (Å²) in [6.07, 6.45) is 1.77. The molecular formula is C25H24ClNO2. The molecule has 3 nitrogen and oxygen atoms in total. The molecule has 4 rings (SSSR count). The first kappa shape index (κ1) is 19.7. The van der Waals surface area contributed by atoms with E-state index in [0.717, 1.165) is 24.9 Å². The number of nitrogens with zero attached hydrogens (tertiary/aromatic N) is 1. The van der Waals surface area contributed by atoms with Gasteiger partial charge in [-0.25, -0.2) is 4.79 Å². The molecule has 0 N–H and O–H groups in total. The fraction of sp³-hybridized carbons (Fsp3) is 0.240.